The first-order valence-corrected chi connectivity index (χ1v) is 8.75. The Labute approximate surface area is 142 Å². The van der Waals surface area contributed by atoms with Gasteiger partial charge in [-0.1, -0.05) is 23.4 Å². The molecular weight excluding hydrogens is 339 g/mol. The molecule has 1 saturated carbocycles. The highest BCUT2D eigenvalue weighted by molar-refractivity contribution is 7.99. The summed E-state index contributed by atoms with van der Waals surface area (Å²) in [5.41, 5.74) is 0.121. The Morgan fingerprint density at radius 1 is 1.48 bits per heavy atom. The van der Waals surface area contributed by atoms with E-state index in [1.807, 2.05) is 11.5 Å². The number of thioether (sulfide) groups is 1. The summed E-state index contributed by atoms with van der Waals surface area (Å²) in [4.78, 5) is 12.0. The molecular formula is C15H16ClFN4OS. The summed E-state index contributed by atoms with van der Waals surface area (Å²) < 4.78 is 15.7. The third kappa shape index (κ3) is 3.84. The largest absolute Gasteiger partial charge is 0.323 e. The number of halogens is 2. The first-order valence-electron chi connectivity index (χ1n) is 7.39. The molecule has 1 aromatic heterocycles. The molecule has 0 spiro atoms. The van der Waals surface area contributed by atoms with Crippen molar-refractivity contribution in [1.29, 1.82) is 0 Å². The highest BCUT2D eigenvalue weighted by Crippen LogP contribution is 2.39. The van der Waals surface area contributed by atoms with Crippen molar-refractivity contribution in [2.24, 2.45) is 0 Å². The number of carbonyl (C=O) groups excluding carboxylic acids is 1. The van der Waals surface area contributed by atoms with Crippen LogP contribution in [0.15, 0.2) is 23.4 Å². The number of carbonyl (C=O) groups is 1. The molecule has 1 amide bonds. The minimum absolute atomic E-state index is 0.121. The summed E-state index contributed by atoms with van der Waals surface area (Å²) in [5.74, 6) is 0.802. The number of rotatable bonds is 6. The van der Waals surface area contributed by atoms with E-state index in [1.165, 1.54) is 30.0 Å². The smallest absolute Gasteiger partial charge is 0.234 e. The Balaban J connectivity index is 1.60. The lowest BCUT2D eigenvalue weighted by Crippen LogP contribution is -2.15. The van der Waals surface area contributed by atoms with Gasteiger partial charge >= 0.3 is 0 Å². The summed E-state index contributed by atoms with van der Waals surface area (Å²) >= 11 is 6.99. The average molecular weight is 355 g/mol. The molecule has 0 atom stereocenters. The Hall–Kier alpha value is -1.60. The molecule has 1 heterocycles. The lowest BCUT2D eigenvalue weighted by Gasteiger charge is -2.08. The van der Waals surface area contributed by atoms with Crippen LogP contribution >= 0.6 is 23.4 Å². The fourth-order valence-corrected chi connectivity index (χ4v) is 3.22. The number of hydrogen-bond acceptors (Lipinski definition) is 4. The van der Waals surface area contributed by atoms with Crippen LogP contribution in [-0.4, -0.2) is 26.4 Å². The van der Waals surface area contributed by atoms with Gasteiger partial charge in [0.25, 0.3) is 0 Å². The van der Waals surface area contributed by atoms with Gasteiger partial charge in [-0.05, 0) is 38.0 Å². The van der Waals surface area contributed by atoms with Gasteiger partial charge < -0.3 is 9.88 Å². The first-order chi connectivity index (χ1) is 11.1. The van der Waals surface area contributed by atoms with Gasteiger partial charge in [0.1, 0.15) is 11.6 Å². The van der Waals surface area contributed by atoms with Crippen LogP contribution in [0.1, 0.15) is 31.5 Å². The molecule has 2 aromatic rings. The molecule has 3 rings (SSSR count). The van der Waals surface area contributed by atoms with Crippen LogP contribution in [0.2, 0.25) is 5.02 Å². The predicted octanol–water partition coefficient (Wildman–Crippen LogP) is 3.70. The quantitative estimate of drug-likeness (QED) is 0.803. The molecule has 8 heteroatoms. The molecule has 23 heavy (non-hydrogen) atoms. The molecule has 0 bridgehead atoms. The van der Waals surface area contributed by atoms with Crippen molar-refractivity contribution < 1.29 is 9.18 Å². The number of amides is 1. The first kappa shape index (κ1) is 16.3. The Morgan fingerprint density at radius 2 is 2.26 bits per heavy atom. The van der Waals surface area contributed by atoms with Crippen molar-refractivity contribution in [1.82, 2.24) is 14.8 Å². The average Bonchev–Trinajstić information content (AvgIpc) is 3.28. The third-order valence-electron chi connectivity index (χ3n) is 3.54. The molecule has 1 fully saturated rings. The minimum Gasteiger partial charge on any atom is -0.323 e. The lowest BCUT2D eigenvalue weighted by atomic mass is 10.3. The topological polar surface area (TPSA) is 59.8 Å². The molecule has 0 unspecified atom stereocenters. The van der Waals surface area contributed by atoms with Gasteiger partial charge in [0, 0.05) is 17.5 Å². The number of hydrogen-bond donors (Lipinski definition) is 1. The zero-order valence-corrected chi connectivity index (χ0v) is 14.1. The maximum atomic E-state index is 13.7. The predicted molar refractivity (Wildman–Crippen MR) is 88.4 cm³/mol. The maximum absolute atomic E-state index is 13.7. The summed E-state index contributed by atoms with van der Waals surface area (Å²) in [6.45, 7) is 2.80. The van der Waals surface area contributed by atoms with Crippen LogP contribution in [0.25, 0.3) is 0 Å². The fraction of sp³-hybridized carbons (Fsp3) is 0.400. The summed E-state index contributed by atoms with van der Waals surface area (Å²) in [6.07, 6.45) is 2.30. The molecule has 1 aliphatic carbocycles. The maximum Gasteiger partial charge on any atom is 0.234 e. The number of anilines is 1. The molecule has 0 saturated heterocycles. The van der Waals surface area contributed by atoms with Gasteiger partial charge in [0.05, 0.1) is 11.4 Å². The second-order valence-corrected chi connectivity index (χ2v) is 6.70. The van der Waals surface area contributed by atoms with Crippen LogP contribution in [0, 0.1) is 5.82 Å². The number of aromatic nitrogens is 3. The number of benzene rings is 1. The Kier molecular flexibility index (Phi) is 4.87. The van der Waals surface area contributed by atoms with E-state index in [4.69, 9.17) is 11.6 Å². The Bertz CT molecular complexity index is 732. The fourth-order valence-electron chi connectivity index (χ4n) is 2.25. The standard InChI is InChI=1S/C15H16ClFN4OS/c1-2-21-14(9-3-4-9)19-20-15(21)23-8-13(22)18-12-6-5-10(16)7-11(12)17/h5-7,9H,2-4,8H2,1H3,(H,18,22). The monoisotopic (exact) mass is 354 g/mol. The Morgan fingerprint density at radius 3 is 2.91 bits per heavy atom. The van der Waals surface area contributed by atoms with E-state index in [9.17, 15) is 9.18 Å². The normalized spacial score (nSPS) is 14.0. The van der Waals surface area contributed by atoms with Crippen LogP contribution in [-0.2, 0) is 11.3 Å². The van der Waals surface area contributed by atoms with Gasteiger partial charge in [-0.15, -0.1) is 10.2 Å². The van der Waals surface area contributed by atoms with Crippen molar-refractivity contribution >= 4 is 35.0 Å². The van der Waals surface area contributed by atoms with E-state index in [-0.39, 0.29) is 17.3 Å². The molecule has 1 aromatic carbocycles. The second kappa shape index (κ2) is 6.88. The molecule has 1 N–H and O–H groups in total. The number of nitrogens with one attached hydrogen (secondary N) is 1. The van der Waals surface area contributed by atoms with Crippen LogP contribution < -0.4 is 5.32 Å². The van der Waals surface area contributed by atoms with Crippen LogP contribution in [0.3, 0.4) is 0 Å². The van der Waals surface area contributed by atoms with Gasteiger partial charge in [-0.25, -0.2) is 4.39 Å². The molecule has 122 valence electrons. The zero-order chi connectivity index (χ0) is 16.4. The third-order valence-corrected chi connectivity index (χ3v) is 4.74. The molecule has 5 nitrogen and oxygen atoms in total. The van der Waals surface area contributed by atoms with E-state index in [1.54, 1.807) is 0 Å². The van der Waals surface area contributed by atoms with Crippen LogP contribution in [0.5, 0.6) is 0 Å². The van der Waals surface area contributed by atoms with E-state index >= 15 is 0 Å². The van der Waals surface area contributed by atoms with E-state index in [2.05, 4.69) is 15.5 Å². The van der Waals surface area contributed by atoms with Crippen molar-refractivity contribution in [3.8, 4) is 0 Å². The molecule has 1 aliphatic rings. The summed E-state index contributed by atoms with van der Waals surface area (Å²) in [7, 11) is 0. The highest BCUT2D eigenvalue weighted by Gasteiger charge is 2.30. The number of nitrogens with zero attached hydrogens (tertiary/aromatic N) is 3. The van der Waals surface area contributed by atoms with E-state index in [0.29, 0.717) is 10.9 Å². The minimum atomic E-state index is -0.552. The van der Waals surface area contributed by atoms with Gasteiger partial charge in [-0.3, -0.25) is 4.79 Å². The lowest BCUT2D eigenvalue weighted by molar-refractivity contribution is -0.113. The van der Waals surface area contributed by atoms with E-state index in [0.717, 1.165) is 30.4 Å². The van der Waals surface area contributed by atoms with Crippen LogP contribution in [0.4, 0.5) is 10.1 Å². The van der Waals surface area contributed by atoms with Crippen molar-refractivity contribution in [2.75, 3.05) is 11.1 Å². The zero-order valence-electron chi connectivity index (χ0n) is 12.6. The van der Waals surface area contributed by atoms with Gasteiger partial charge in [0.2, 0.25) is 5.91 Å². The highest BCUT2D eigenvalue weighted by atomic mass is 35.5. The van der Waals surface area contributed by atoms with Crippen molar-refractivity contribution in [2.45, 2.75) is 37.4 Å². The van der Waals surface area contributed by atoms with Crippen molar-refractivity contribution in [3.63, 3.8) is 0 Å². The van der Waals surface area contributed by atoms with Gasteiger partial charge in [0.15, 0.2) is 5.16 Å². The second-order valence-electron chi connectivity index (χ2n) is 5.32. The van der Waals surface area contributed by atoms with Gasteiger partial charge in [-0.2, -0.15) is 0 Å². The molecule has 0 radical (unpaired) electrons. The van der Waals surface area contributed by atoms with Crippen molar-refractivity contribution in [3.05, 3.63) is 34.9 Å². The SMILES string of the molecule is CCn1c(SCC(=O)Nc2ccc(Cl)cc2F)nnc1C1CC1. The molecule has 0 aliphatic heterocycles. The summed E-state index contributed by atoms with van der Waals surface area (Å²) in [6, 6.07) is 4.14. The van der Waals surface area contributed by atoms with E-state index < -0.39 is 5.82 Å². The summed E-state index contributed by atoms with van der Waals surface area (Å²) in [5, 5.41) is 11.9.